The van der Waals surface area contributed by atoms with Crippen LogP contribution < -0.4 is 16.0 Å². The van der Waals surface area contributed by atoms with E-state index in [4.69, 9.17) is 0 Å². The summed E-state index contributed by atoms with van der Waals surface area (Å²) in [4.78, 5) is 28.1. The minimum absolute atomic E-state index is 0.0331. The van der Waals surface area contributed by atoms with Crippen molar-refractivity contribution < 1.29 is 14.0 Å². The van der Waals surface area contributed by atoms with E-state index in [-0.39, 0.29) is 29.6 Å². The first-order valence-corrected chi connectivity index (χ1v) is 11.3. The van der Waals surface area contributed by atoms with Gasteiger partial charge < -0.3 is 20.9 Å². The summed E-state index contributed by atoms with van der Waals surface area (Å²) in [6.07, 6.45) is 2.43. The zero-order chi connectivity index (χ0) is 22.1. The van der Waals surface area contributed by atoms with Crippen LogP contribution in [-0.4, -0.2) is 48.9 Å². The van der Waals surface area contributed by atoms with Crippen LogP contribution in [0.15, 0.2) is 35.0 Å². The molecule has 1 aromatic carbocycles. The number of nitrogens with zero attached hydrogens (tertiary/aromatic N) is 1. The predicted molar refractivity (Wildman–Crippen MR) is 120 cm³/mol. The molecule has 2 amide bonds. The minimum Gasteiger partial charge on any atom is -0.381 e. The number of hydrogen-bond donors (Lipinski definition) is 3. The first kappa shape index (κ1) is 21.6. The summed E-state index contributed by atoms with van der Waals surface area (Å²) in [7, 11) is 0. The third-order valence-corrected chi connectivity index (χ3v) is 6.68. The quantitative estimate of drug-likeness (QED) is 0.612. The Kier molecular flexibility index (Phi) is 6.14. The minimum atomic E-state index is -0.364. The van der Waals surface area contributed by atoms with Crippen LogP contribution in [0, 0.1) is 11.7 Å². The Hall–Kier alpha value is -2.67. The highest BCUT2D eigenvalue weighted by atomic mass is 19.1. The zero-order valence-electron chi connectivity index (χ0n) is 18.5. The van der Waals surface area contributed by atoms with Gasteiger partial charge in [0.15, 0.2) is 0 Å². The van der Waals surface area contributed by atoms with Gasteiger partial charge in [0.25, 0.3) is 5.91 Å². The average Bonchev–Trinajstić information content (AvgIpc) is 3.26. The number of allylic oxidation sites excluding steroid dienone is 1. The van der Waals surface area contributed by atoms with Gasteiger partial charge >= 0.3 is 0 Å². The third-order valence-electron chi connectivity index (χ3n) is 6.68. The summed E-state index contributed by atoms with van der Waals surface area (Å²) in [6.45, 7) is 9.62. The molecule has 0 aromatic heterocycles. The first-order chi connectivity index (χ1) is 14.9. The molecule has 1 aromatic rings. The summed E-state index contributed by atoms with van der Waals surface area (Å²) in [6, 6.07) is 4.32. The lowest BCUT2D eigenvalue weighted by Crippen LogP contribution is -2.41. The molecule has 1 aliphatic carbocycles. The second-order valence-electron chi connectivity index (χ2n) is 8.48. The van der Waals surface area contributed by atoms with Gasteiger partial charge in [-0.05, 0) is 68.6 Å². The van der Waals surface area contributed by atoms with Gasteiger partial charge in [-0.2, -0.15) is 0 Å². The number of fused-ring (bicyclic) bond motifs is 1. The lowest BCUT2D eigenvalue weighted by atomic mass is 9.82. The van der Waals surface area contributed by atoms with E-state index in [2.05, 4.69) is 34.7 Å². The average molecular weight is 427 g/mol. The van der Waals surface area contributed by atoms with Crippen molar-refractivity contribution in [2.75, 3.05) is 31.5 Å². The smallest absolute Gasteiger partial charge is 0.256 e. The summed E-state index contributed by atoms with van der Waals surface area (Å²) in [5.41, 5.74) is 4.65. The molecule has 2 heterocycles. The van der Waals surface area contributed by atoms with E-state index >= 15 is 0 Å². The molecule has 0 spiro atoms. The van der Waals surface area contributed by atoms with Crippen LogP contribution in [0.2, 0.25) is 0 Å². The summed E-state index contributed by atoms with van der Waals surface area (Å²) in [5, 5.41) is 9.43. The topological polar surface area (TPSA) is 73.5 Å². The van der Waals surface area contributed by atoms with Crippen LogP contribution in [0.3, 0.4) is 0 Å². The van der Waals surface area contributed by atoms with Crippen molar-refractivity contribution in [2.45, 2.75) is 46.1 Å². The lowest BCUT2D eigenvalue weighted by Gasteiger charge is -2.23. The molecule has 166 valence electrons. The maximum atomic E-state index is 13.9. The van der Waals surface area contributed by atoms with Crippen molar-refractivity contribution in [3.8, 4) is 0 Å². The predicted octanol–water partition coefficient (Wildman–Crippen LogP) is 3.04. The Bertz CT molecular complexity index is 964. The van der Waals surface area contributed by atoms with Crippen molar-refractivity contribution in [3.05, 3.63) is 46.4 Å². The summed E-state index contributed by atoms with van der Waals surface area (Å²) >= 11 is 0. The van der Waals surface area contributed by atoms with Gasteiger partial charge in [-0.3, -0.25) is 9.59 Å². The molecule has 0 bridgehead atoms. The number of likely N-dealkylation sites (N-methyl/N-ethyl adjacent to an activating group) is 1. The van der Waals surface area contributed by atoms with Crippen LogP contribution >= 0.6 is 0 Å². The van der Waals surface area contributed by atoms with Crippen LogP contribution in [-0.2, 0) is 9.59 Å². The van der Waals surface area contributed by atoms with Crippen molar-refractivity contribution in [3.63, 3.8) is 0 Å². The Morgan fingerprint density at radius 3 is 2.77 bits per heavy atom. The molecule has 3 N–H and O–H groups in total. The number of amides is 2. The Labute approximate surface area is 183 Å². The second-order valence-corrected chi connectivity index (χ2v) is 8.48. The Morgan fingerprint density at radius 2 is 2.03 bits per heavy atom. The van der Waals surface area contributed by atoms with Crippen molar-refractivity contribution in [1.82, 2.24) is 15.5 Å². The van der Waals surface area contributed by atoms with Gasteiger partial charge in [-0.1, -0.05) is 13.8 Å². The molecule has 31 heavy (non-hydrogen) atoms. The van der Waals surface area contributed by atoms with Gasteiger partial charge in [0.1, 0.15) is 5.82 Å². The molecular weight excluding hydrogens is 395 g/mol. The highest BCUT2D eigenvalue weighted by molar-refractivity contribution is 6.32. The van der Waals surface area contributed by atoms with Crippen LogP contribution in [0.4, 0.5) is 10.1 Å². The Balaban J connectivity index is 1.62. The van der Waals surface area contributed by atoms with Gasteiger partial charge in [-0.25, -0.2) is 4.39 Å². The fourth-order valence-corrected chi connectivity index (χ4v) is 5.06. The maximum Gasteiger partial charge on any atom is 0.256 e. The van der Waals surface area contributed by atoms with E-state index < -0.39 is 0 Å². The number of carbonyl (C=O) groups is 2. The van der Waals surface area contributed by atoms with Crippen LogP contribution in [0.1, 0.15) is 45.6 Å². The van der Waals surface area contributed by atoms with E-state index in [1.54, 1.807) is 6.07 Å². The molecule has 2 atom stereocenters. The molecule has 0 saturated heterocycles. The van der Waals surface area contributed by atoms with Gasteiger partial charge in [-0.15, -0.1) is 0 Å². The molecule has 0 radical (unpaired) electrons. The van der Waals surface area contributed by atoms with E-state index in [9.17, 15) is 14.0 Å². The zero-order valence-corrected chi connectivity index (χ0v) is 18.5. The number of rotatable bonds is 6. The van der Waals surface area contributed by atoms with Gasteiger partial charge in [0.05, 0.1) is 11.5 Å². The molecule has 3 aliphatic rings. The molecule has 2 aliphatic heterocycles. The molecule has 4 rings (SSSR count). The van der Waals surface area contributed by atoms with E-state index in [1.165, 1.54) is 12.1 Å². The number of halogens is 1. The van der Waals surface area contributed by atoms with Crippen molar-refractivity contribution in [1.29, 1.82) is 0 Å². The number of benzene rings is 1. The largest absolute Gasteiger partial charge is 0.381 e. The number of carbonyl (C=O) groups excluding carboxylic acids is 2. The monoisotopic (exact) mass is 426 g/mol. The van der Waals surface area contributed by atoms with E-state index in [0.717, 1.165) is 55.7 Å². The third kappa shape index (κ3) is 3.99. The summed E-state index contributed by atoms with van der Waals surface area (Å²) < 4.78 is 13.9. The highest BCUT2D eigenvalue weighted by Gasteiger charge is 2.41. The Morgan fingerprint density at radius 1 is 1.26 bits per heavy atom. The van der Waals surface area contributed by atoms with E-state index in [0.29, 0.717) is 23.4 Å². The lowest BCUT2D eigenvalue weighted by molar-refractivity contribution is -0.124. The van der Waals surface area contributed by atoms with Crippen LogP contribution in [0.5, 0.6) is 0 Å². The van der Waals surface area contributed by atoms with Gasteiger partial charge in [0.2, 0.25) is 5.91 Å². The molecular formula is C24H31FN4O2. The fourth-order valence-electron chi connectivity index (χ4n) is 5.06. The molecule has 7 heteroatoms. The van der Waals surface area contributed by atoms with Gasteiger partial charge in [0, 0.05) is 36.1 Å². The van der Waals surface area contributed by atoms with Crippen molar-refractivity contribution in [2.24, 2.45) is 5.92 Å². The number of nitrogens with one attached hydrogen (secondary N) is 3. The maximum absolute atomic E-state index is 13.9. The SMILES string of the molecule is CCN(CC)CCNC(=O)C1C2=C(NC1C)/C(=C1\C(=O)Nc3ccc(F)cc31)CCC2. The summed E-state index contributed by atoms with van der Waals surface area (Å²) in [5.74, 6) is -0.785. The molecule has 0 saturated carbocycles. The van der Waals surface area contributed by atoms with Crippen LogP contribution in [0.25, 0.3) is 5.57 Å². The van der Waals surface area contributed by atoms with Crippen molar-refractivity contribution >= 4 is 23.1 Å². The molecule has 0 fully saturated rings. The standard InChI is InChI=1S/C24H31FN4O2/c1-4-29(5-2)12-11-26-23(30)20-14(3)27-22-16(20)7-6-8-17(22)21-18-13-15(25)9-10-19(18)28-24(21)31/h9-10,13-14,20,27H,4-8,11-12H2,1-3H3,(H,26,30)(H,28,31)/b21-17-. The second kappa shape index (κ2) is 8.83. The first-order valence-electron chi connectivity index (χ1n) is 11.3. The molecule has 2 unspecified atom stereocenters. The van der Waals surface area contributed by atoms with E-state index in [1.807, 2.05) is 6.92 Å². The number of anilines is 1. The normalized spacial score (nSPS) is 24.7. The highest BCUT2D eigenvalue weighted by Crippen LogP contribution is 2.44. The number of hydrogen-bond acceptors (Lipinski definition) is 4. The fraction of sp³-hybridized carbons (Fsp3) is 0.500. The molecule has 6 nitrogen and oxygen atoms in total.